The van der Waals surface area contributed by atoms with Crippen LogP contribution in [0, 0.1) is 0 Å². The number of nitrogens with zero attached hydrogens (tertiary/aromatic N) is 3. The standard InChI is InChI=1S/C3H5N3O.Na.H/c7-6-2-4-1-5-3-6;;/h1-2,7H,3H2;;/q;+1;-1. The van der Waals surface area contributed by atoms with Crippen LogP contribution in [-0.2, 0) is 0 Å². The van der Waals surface area contributed by atoms with Crippen molar-refractivity contribution in [1.82, 2.24) is 5.06 Å². The molecule has 0 saturated heterocycles. The van der Waals surface area contributed by atoms with Crippen molar-refractivity contribution in [3.05, 3.63) is 0 Å². The van der Waals surface area contributed by atoms with Crippen molar-refractivity contribution in [1.29, 1.82) is 0 Å². The van der Waals surface area contributed by atoms with Gasteiger partial charge in [0.15, 0.2) is 0 Å². The molecule has 1 aliphatic heterocycles. The molecule has 0 aromatic carbocycles. The summed E-state index contributed by atoms with van der Waals surface area (Å²) in [6, 6.07) is 0. The topological polar surface area (TPSA) is 48.2 Å². The maximum Gasteiger partial charge on any atom is 1.00 e. The third-order valence-electron chi connectivity index (χ3n) is 0.575. The Labute approximate surface area is 70.7 Å². The molecule has 0 saturated carbocycles. The Balaban J connectivity index is 0. The van der Waals surface area contributed by atoms with E-state index in [9.17, 15) is 0 Å². The molecule has 0 unspecified atom stereocenters. The molecule has 0 aromatic heterocycles. The molecule has 0 aliphatic carbocycles. The van der Waals surface area contributed by atoms with Crippen LogP contribution in [0.15, 0.2) is 9.98 Å². The fraction of sp³-hybridized carbons (Fsp3) is 0.333. The molecule has 0 aromatic rings. The predicted octanol–water partition coefficient (Wildman–Crippen LogP) is -3.18. The summed E-state index contributed by atoms with van der Waals surface area (Å²) in [6.45, 7) is 0.295. The van der Waals surface area contributed by atoms with Crippen LogP contribution in [0.2, 0.25) is 0 Å². The fourth-order valence-electron chi connectivity index (χ4n) is 0.311. The summed E-state index contributed by atoms with van der Waals surface area (Å²) in [5.41, 5.74) is 0. The fourth-order valence-corrected chi connectivity index (χ4v) is 0.311. The van der Waals surface area contributed by atoms with Gasteiger partial charge < -0.3 is 1.43 Å². The summed E-state index contributed by atoms with van der Waals surface area (Å²) in [6.07, 6.45) is 2.69. The summed E-state index contributed by atoms with van der Waals surface area (Å²) in [5, 5.41) is 9.38. The monoisotopic (exact) mass is 123 g/mol. The Kier molecular flexibility index (Phi) is 4.08. The minimum absolute atomic E-state index is 0. The molecule has 0 amide bonds. The van der Waals surface area contributed by atoms with Crippen LogP contribution in [0.5, 0.6) is 0 Å². The summed E-state index contributed by atoms with van der Waals surface area (Å²) in [7, 11) is 0. The third-order valence-corrected chi connectivity index (χ3v) is 0.575. The quantitative estimate of drug-likeness (QED) is 0.345. The molecule has 4 nitrogen and oxygen atoms in total. The van der Waals surface area contributed by atoms with E-state index in [1.165, 1.54) is 12.7 Å². The van der Waals surface area contributed by atoms with Crippen molar-refractivity contribution in [2.45, 2.75) is 0 Å². The molecule has 40 valence electrons. The van der Waals surface area contributed by atoms with Crippen molar-refractivity contribution < 1.29 is 36.2 Å². The average molecular weight is 123 g/mol. The van der Waals surface area contributed by atoms with Crippen LogP contribution in [0.1, 0.15) is 1.43 Å². The van der Waals surface area contributed by atoms with E-state index in [0.717, 1.165) is 5.06 Å². The number of hydrogen-bond acceptors (Lipinski definition) is 4. The van der Waals surface area contributed by atoms with Crippen molar-refractivity contribution in [2.24, 2.45) is 9.98 Å². The molecule has 0 bridgehead atoms. The van der Waals surface area contributed by atoms with Gasteiger partial charge in [-0.3, -0.25) is 5.21 Å². The van der Waals surface area contributed by atoms with Crippen molar-refractivity contribution in [2.75, 3.05) is 6.67 Å². The summed E-state index contributed by atoms with van der Waals surface area (Å²) in [4.78, 5) is 7.13. The van der Waals surface area contributed by atoms with E-state index < -0.39 is 0 Å². The number of hydroxylamine groups is 2. The van der Waals surface area contributed by atoms with Gasteiger partial charge in [0.05, 0.1) is 0 Å². The second-order valence-corrected chi connectivity index (χ2v) is 1.14. The minimum Gasteiger partial charge on any atom is -1.00 e. The largest absolute Gasteiger partial charge is 1.00 e. The second kappa shape index (κ2) is 4.03. The first kappa shape index (κ1) is 8.10. The molecule has 0 spiro atoms. The number of aliphatic imine (C=N–C) groups is 2. The third kappa shape index (κ3) is 2.42. The Morgan fingerprint density at radius 3 is 2.75 bits per heavy atom. The Morgan fingerprint density at radius 2 is 2.50 bits per heavy atom. The first-order valence-corrected chi connectivity index (χ1v) is 1.87. The van der Waals surface area contributed by atoms with Gasteiger partial charge in [-0.25, -0.2) is 15.0 Å². The van der Waals surface area contributed by atoms with Gasteiger partial charge in [0.25, 0.3) is 0 Å². The van der Waals surface area contributed by atoms with Crippen LogP contribution in [0.4, 0.5) is 0 Å². The van der Waals surface area contributed by atoms with E-state index in [4.69, 9.17) is 5.21 Å². The van der Waals surface area contributed by atoms with E-state index in [-0.39, 0.29) is 31.0 Å². The molecule has 5 heteroatoms. The maximum absolute atomic E-state index is 8.48. The first-order chi connectivity index (χ1) is 3.39. The van der Waals surface area contributed by atoms with Crippen LogP contribution in [0.25, 0.3) is 0 Å². The van der Waals surface area contributed by atoms with Gasteiger partial charge in [0, 0.05) is 0 Å². The minimum atomic E-state index is 0. The molecule has 1 rings (SSSR count). The zero-order valence-corrected chi connectivity index (χ0v) is 6.65. The smallest absolute Gasteiger partial charge is 1.00 e. The normalized spacial score (nSPS) is 15.9. The zero-order chi connectivity index (χ0) is 5.11. The van der Waals surface area contributed by atoms with E-state index in [1.807, 2.05) is 0 Å². The van der Waals surface area contributed by atoms with Crippen LogP contribution in [0.3, 0.4) is 0 Å². The van der Waals surface area contributed by atoms with Gasteiger partial charge in [-0.2, -0.15) is 0 Å². The molecule has 1 heterocycles. The molecular formula is C3H6N3NaO. The van der Waals surface area contributed by atoms with Gasteiger partial charge >= 0.3 is 29.6 Å². The van der Waals surface area contributed by atoms with Crippen molar-refractivity contribution >= 4 is 12.7 Å². The summed E-state index contributed by atoms with van der Waals surface area (Å²) >= 11 is 0. The number of rotatable bonds is 0. The van der Waals surface area contributed by atoms with E-state index in [1.54, 1.807) is 0 Å². The summed E-state index contributed by atoms with van der Waals surface area (Å²) in [5.74, 6) is 0. The SMILES string of the molecule is ON1C=NC=NC1.[H-].[Na+]. The van der Waals surface area contributed by atoms with Gasteiger partial charge in [0.1, 0.15) is 19.3 Å². The average Bonchev–Trinajstić information content (AvgIpc) is 1.69. The number of hydrogen-bond donors (Lipinski definition) is 1. The van der Waals surface area contributed by atoms with E-state index in [2.05, 4.69) is 9.98 Å². The van der Waals surface area contributed by atoms with Gasteiger partial charge in [-0.15, -0.1) is 0 Å². The second-order valence-electron chi connectivity index (χ2n) is 1.14. The predicted molar refractivity (Wildman–Crippen MR) is 26.6 cm³/mol. The molecule has 1 aliphatic rings. The maximum atomic E-state index is 8.48. The van der Waals surface area contributed by atoms with E-state index >= 15 is 0 Å². The zero-order valence-electron chi connectivity index (χ0n) is 5.65. The molecule has 8 heavy (non-hydrogen) atoms. The van der Waals surface area contributed by atoms with Crippen LogP contribution >= 0.6 is 0 Å². The van der Waals surface area contributed by atoms with Gasteiger partial charge in [0.2, 0.25) is 0 Å². The first-order valence-electron chi connectivity index (χ1n) is 1.87. The molecule has 0 fully saturated rings. The van der Waals surface area contributed by atoms with Crippen LogP contribution < -0.4 is 29.6 Å². The molecule has 0 radical (unpaired) electrons. The van der Waals surface area contributed by atoms with Crippen molar-refractivity contribution in [3.63, 3.8) is 0 Å². The Morgan fingerprint density at radius 1 is 1.75 bits per heavy atom. The van der Waals surface area contributed by atoms with Gasteiger partial charge in [-0.1, -0.05) is 0 Å². The van der Waals surface area contributed by atoms with Gasteiger partial charge in [-0.05, 0) is 0 Å². The molecule has 1 N–H and O–H groups in total. The van der Waals surface area contributed by atoms with Crippen LogP contribution in [-0.4, -0.2) is 29.6 Å². The van der Waals surface area contributed by atoms with Crippen molar-refractivity contribution in [3.8, 4) is 0 Å². The Bertz CT molecular complexity index is 118. The van der Waals surface area contributed by atoms with E-state index in [0.29, 0.717) is 6.67 Å². The summed E-state index contributed by atoms with van der Waals surface area (Å²) < 4.78 is 0. The Hall–Kier alpha value is 0.1000. The molecular weight excluding hydrogens is 117 g/mol. The molecule has 0 atom stereocenters.